The first-order valence-electron chi connectivity index (χ1n) is 12.1. The van der Waals surface area contributed by atoms with E-state index in [0.717, 1.165) is 11.1 Å². The topological polar surface area (TPSA) is 86.8 Å². The SMILES string of the molecule is Cc1cccc(N(CCCC(=O)N(CCc2ccccc2)C(C)C(=O)NCC(C)C)S(C)(=O)=O)c1. The number of nitrogens with zero attached hydrogens (tertiary/aromatic N) is 2. The zero-order chi connectivity index (χ0) is 26.0. The van der Waals surface area contributed by atoms with Crippen molar-refractivity contribution in [1.29, 1.82) is 0 Å². The molecule has 0 aliphatic carbocycles. The molecule has 1 unspecified atom stereocenters. The largest absolute Gasteiger partial charge is 0.354 e. The summed E-state index contributed by atoms with van der Waals surface area (Å²) in [6.45, 7) is 8.83. The van der Waals surface area contributed by atoms with Gasteiger partial charge in [-0.15, -0.1) is 0 Å². The predicted molar refractivity (Wildman–Crippen MR) is 142 cm³/mol. The Morgan fingerprint density at radius 3 is 2.26 bits per heavy atom. The monoisotopic (exact) mass is 501 g/mol. The molecule has 2 aromatic rings. The van der Waals surface area contributed by atoms with Gasteiger partial charge in [0.2, 0.25) is 21.8 Å². The summed E-state index contributed by atoms with van der Waals surface area (Å²) in [6.07, 6.45) is 2.30. The molecule has 7 nitrogen and oxygen atoms in total. The van der Waals surface area contributed by atoms with E-state index in [1.807, 2.05) is 69.3 Å². The highest BCUT2D eigenvalue weighted by Gasteiger charge is 2.26. The Bertz CT molecular complexity index is 1070. The molecule has 2 rings (SSSR count). The lowest BCUT2D eigenvalue weighted by atomic mass is 10.1. The van der Waals surface area contributed by atoms with E-state index in [2.05, 4.69) is 5.32 Å². The summed E-state index contributed by atoms with van der Waals surface area (Å²) >= 11 is 0. The van der Waals surface area contributed by atoms with Crippen molar-refractivity contribution in [3.63, 3.8) is 0 Å². The van der Waals surface area contributed by atoms with Crippen LogP contribution in [-0.2, 0) is 26.0 Å². The van der Waals surface area contributed by atoms with Gasteiger partial charge >= 0.3 is 0 Å². The van der Waals surface area contributed by atoms with Gasteiger partial charge in [0.05, 0.1) is 11.9 Å². The van der Waals surface area contributed by atoms with E-state index < -0.39 is 16.1 Å². The molecule has 2 aromatic carbocycles. The van der Waals surface area contributed by atoms with Crippen LogP contribution in [0.2, 0.25) is 0 Å². The molecular weight excluding hydrogens is 462 g/mol. The van der Waals surface area contributed by atoms with E-state index in [-0.39, 0.29) is 24.8 Å². The van der Waals surface area contributed by atoms with Gasteiger partial charge in [0.25, 0.3) is 0 Å². The Kier molecular flexibility index (Phi) is 10.8. The van der Waals surface area contributed by atoms with E-state index >= 15 is 0 Å². The molecule has 0 aromatic heterocycles. The summed E-state index contributed by atoms with van der Waals surface area (Å²) in [7, 11) is -3.50. The van der Waals surface area contributed by atoms with Crippen LogP contribution in [-0.4, -0.2) is 57.1 Å². The molecule has 0 saturated carbocycles. The quantitative estimate of drug-likeness (QED) is 0.453. The molecule has 35 heavy (non-hydrogen) atoms. The average molecular weight is 502 g/mol. The van der Waals surface area contributed by atoms with Gasteiger partial charge in [-0.2, -0.15) is 0 Å². The minimum Gasteiger partial charge on any atom is -0.354 e. The summed E-state index contributed by atoms with van der Waals surface area (Å²) in [5, 5.41) is 2.92. The van der Waals surface area contributed by atoms with Crippen molar-refractivity contribution in [2.75, 3.05) is 30.2 Å². The highest BCUT2D eigenvalue weighted by molar-refractivity contribution is 7.92. The normalized spacial score (nSPS) is 12.3. The maximum atomic E-state index is 13.2. The van der Waals surface area contributed by atoms with Crippen LogP contribution in [0.15, 0.2) is 54.6 Å². The van der Waals surface area contributed by atoms with Crippen LogP contribution in [0.1, 0.15) is 44.7 Å². The number of nitrogens with one attached hydrogen (secondary N) is 1. The van der Waals surface area contributed by atoms with Gasteiger partial charge in [-0.1, -0.05) is 56.3 Å². The maximum absolute atomic E-state index is 13.2. The highest BCUT2D eigenvalue weighted by atomic mass is 32.2. The van der Waals surface area contributed by atoms with Crippen LogP contribution in [0.3, 0.4) is 0 Å². The lowest BCUT2D eigenvalue weighted by molar-refractivity contribution is -0.140. The van der Waals surface area contributed by atoms with Crippen LogP contribution in [0.25, 0.3) is 0 Å². The molecule has 0 radical (unpaired) electrons. The van der Waals surface area contributed by atoms with Crippen molar-refractivity contribution in [1.82, 2.24) is 10.2 Å². The van der Waals surface area contributed by atoms with Gasteiger partial charge in [-0.05, 0) is 55.9 Å². The smallest absolute Gasteiger partial charge is 0.242 e. The van der Waals surface area contributed by atoms with E-state index in [1.165, 1.54) is 10.6 Å². The number of rotatable bonds is 13. The third kappa shape index (κ3) is 9.36. The molecule has 1 atom stereocenters. The summed E-state index contributed by atoms with van der Waals surface area (Å²) < 4.78 is 26.2. The lowest BCUT2D eigenvalue weighted by Gasteiger charge is -2.29. The molecule has 1 N–H and O–H groups in total. The average Bonchev–Trinajstić information content (AvgIpc) is 2.80. The first kappa shape index (κ1) is 28.4. The van der Waals surface area contributed by atoms with E-state index in [0.29, 0.717) is 37.5 Å². The van der Waals surface area contributed by atoms with Crippen LogP contribution in [0.4, 0.5) is 5.69 Å². The third-order valence-electron chi connectivity index (χ3n) is 5.78. The van der Waals surface area contributed by atoms with Crippen molar-refractivity contribution < 1.29 is 18.0 Å². The second-order valence-corrected chi connectivity index (χ2v) is 11.3. The Labute approximate surface area is 210 Å². The molecule has 0 fully saturated rings. The van der Waals surface area contributed by atoms with Gasteiger partial charge in [0, 0.05) is 26.1 Å². The molecule has 0 bridgehead atoms. The Morgan fingerprint density at radius 2 is 1.66 bits per heavy atom. The summed E-state index contributed by atoms with van der Waals surface area (Å²) in [5.74, 6) is -0.0355. The fourth-order valence-corrected chi connectivity index (χ4v) is 4.77. The van der Waals surface area contributed by atoms with E-state index in [9.17, 15) is 18.0 Å². The van der Waals surface area contributed by atoms with E-state index in [4.69, 9.17) is 0 Å². The van der Waals surface area contributed by atoms with Crippen molar-refractivity contribution in [2.24, 2.45) is 5.92 Å². The zero-order valence-corrected chi connectivity index (χ0v) is 22.3. The number of anilines is 1. The molecule has 0 aliphatic heterocycles. The minimum atomic E-state index is -3.50. The summed E-state index contributed by atoms with van der Waals surface area (Å²) in [4.78, 5) is 27.6. The van der Waals surface area contributed by atoms with Crippen molar-refractivity contribution in [3.8, 4) is 0 Å². The summed E-state index contributed by atoms with van der Waals surface area (Å²) in [5.41, 5.74) is 2.63. The van der Waals surface area contributed by atoms with Crippen molar-refractivity contribution >= 4 is 27.5 Å². The first-order chi connectivity index (χ1) is 16.5. The number of aryl methyl sites for hydroxylation is 1. The Morgan fingerprint density at radius 1 is 0.971 bits per heavy atom. The Balaban J connectivity index is 2.10. The van der Waals surface area contributed by atoms with Gasteiger partial charge in [-0.3, -0.25) is 13.9 Å². The molecule has 0 spiro atoms. The molecular formula is C27H39N3O4S. The molecule has 0 saturated heterocycles. The summed E-state index contributed by atoms with van der Waals surface area (Å²) in [6, 6.07) is 16.5. The minimum absolute atomic E-state index is 0.147. The molecule has 0 heterocycles. The lowest BCUT2D eigenvalue weighted by Crippen LogP contribution is -2.49. The van der Waals surface area contributed by atoms with Gasteiger partial charge in [-0.25, -0.2) is 8.42 Å². The number of amides is 2. The second kappa shape index (κ2) is 13.3. The number of hydrogen-bond acceptors (Lipinski definition) is 4. The van der Waals surface area contributed by atoms with Crippen molar-refractivity contribution in [3.05, 3.63) is 65.7 Å². The van der Waals surface area contributed by atoms with Gasteiger partial charge in [0.15, 0.2) is 0 Å². The van der Waals surface area contributed by atoms with Gasteiger partial charge < -0.3 is 10.2 Å². The standard InChI is InChI=1S/C27H39N3O4S/c1-21(2)20-28-27(32)23(4)29(18-16-24-12-7-6-8-13-24)26(31)15-10-17-30(35(5,33)34)25-14-9-11-22(3)19-25/h6-9,11-14,19,21,23H,10,15-18,20H2,1-5H3,(H,28,32). The van der Waals surface area contributed by atoms with Crippen LogP contribution < -0.4 is 9.62 Å². The van der Waals surface area contributed by atoms with Crippen molar-refractivity contribution in [2.45, 2.75) is 53.0 Å². The maximum Gasteiger partial charge on any atom is 0.242 e. The molecule has 0 aliphatic rings. The number of sulfonamides is 1. The number of carbonyl (C=O) groups excluding carboxylic acids is 2. The first-order valence-corrected chi connectivity index (χ1v) is 14.0. The predicted octanol–water partition coefficient (Wildman–Crippen LogP) is 3.77. The second-order valence-electron chi connectivity index (χ2n) is 9.42. The Hall–Kier alpha value is -2.87. The zero-order valence-electron chi connectivity index (χ0n) is 21.5. The van der Waals surface area contributed by atoms with Gasteiger partial charge in [0.1, 0.15) is 6.04 Å². The van der Waals surface area contributed by atoms with Crippen LogP contribution in [0, 0.1) is 12.8 Å². The third-order valence-corrected chi connectivity index (χ3v) is 6.97. The molecule has 8 heteroatoms. The number of benzene rings is 2. The highest BCUT2D eigenvalue weighted by Crippen LogP contribution is 2.20. The molecule has 2 amide bonds. The fourth-order valence-electron chi connectivity index (χ4n) is 3.81. The number of hydrogen-bond donors (Lipinski definition) is 1. The van der Waals surface area contributed by atoms with Crippen LogP contribution in [0.5, 0.6) is 0 Å². The van der Waals surface area contributed by atoms with E-state index in [1.54, 1.807) is 17.9 Å². The number of carbonyl (C=O) groups is 2. The fraction of sp³-hybridized carbons (Fsp3) is 0.481. The molecule has 192 valence electrons. The van der Waals surface area contributed by atoms with Crippen LogP contribution >= 0.6 is 0 Å².